The molecule has 0 unspecified atom stereocenters. The Morgan fingerprint density at radius 1 is 1.04 bits per heavy atom. The van der Waals surface area contributed by atoms with E-state index in [1.165, 1.54) is 12.8 Å². The van der Waals surface area contributed by atoms with Gasteiger partial charge in [-0.25, -0.2) is 9.67 Å². The van der Waals surface area contributed by atoms with Crippen molar-refractivity contribution in [2.24, 2.45) is 0 Å². The van der Waals surface area contributed by atoms with E-state index in [0.29, 0.717) is 11.7 Å². The Morgan fingerprint density at radius 2 is 1.72 bits per heavy atom. The molecule has 1 fully saturated rings. The Kier molecular flexibility index (Phi) is 4.99. The van der Waals surface area contributed by atoms with Crippen LogP contribution < -0.4 is 0 Å². The summed E-state index contributed by atoms with van der Waals surface area (Å²) in [6.45, 7) is 0. The Bertz CT molecular complexity index is 861. The second-order valence-corrected chi connectivity index (χ2v) is 8.62. The second kappa shape index (κ2) is 7.54. The first-order valence-corrected chi connectivity index (χ1v) is 10.7. The fourth-order valence-electron chi connectivity index (χ4n) is 2.63. The predicted octanol–water partition coefficient (Wildman–Crippen LogP) is 4.04. The van der Waals surface area contributed by atoms with Crippen molar-refractivity contribution in [3.63, 3.8) is 0 Å². The molecular weight excluding hydrogens is 350 g/mol. The van der Waals surface area contributed by atoms with Crippen LogP contribution in [0, 0.1) is 0 Å². The highest BCUT2D eigenvalue weighted by molar-refractivity contribution is 8.00. The molecule has 4 nitrogen and oxygen atoms in total. The summed E-state index contributed by atoms with van der Waals surface area (Å²) in [5.74, 6) is 2.93. The molecule has 25 heavy (non-hydrogen) atoms. The first-order chi connectivity index (χ1) is 12.3. The number of hydrogen-bond donors (Lipinski definition) is 0. The van der Waals surface area contributed by atoms with Crippen molar-refractivity contribution in [2.45, 2.75) is 28.8 Å². The topological polar surface area (TPSA) is 47.8 Å². The van der Waals surface area contributed by atoms with Gasteiger partial charge in [0.05, 0.1) is 16.5 Å². The third kappa shape index (κ3) is 4.02. The van der Waals surface area contributed by atoms with Crippen LogP contribution in [0.1, 0.15) is 24.6 Å². The van der Waals surface area contributed by atoms with Crippen LogP contribution in [0.5, 0.6) is 0 Å². The van der Waals surface area contributed by atoms with Crippen LogP contribution >= 0.6 is 11.8 Å². The van der Waals surface area contributed by atoms with E-state index in [0.717, 1.165) is 27.3 Å². The summed E-state index contributed by atoms with van der Waals surface area (Å²) >= 11 is 1.58. The number of para-hydroxylation sites is 1. The Hall–Kier alpha value is -1.92. The summed E-state index contributed by atoms with van der Waals surface area (Å²) in [6, 6.07) is 19.8. The predicted molar refractivity (Wildman–Crippen MR) is 102 cm³/mol. The zero-order chi connectivity index (χ0) is 17.1. The largest absolute Gasteiger partial charge is 0.254 e. The minimum absolute atomic E-state index is 0.528. The number of hydrogen-bond acceptors (Lipinski definition) is 4. The molecule has 6 heteroatoms. The lowest BCUT2D eigenvalue weighted by atomic mass is 10.3. The molecule has 1 saturated carbocycles. The van der Waals surface area contributed by atoms with Gasteiger partial charge in [0, 0.05) is 22.3 Å². The number of rotatable bonds is 7. The van der Waals surface area contributed by atoms with E-state index < -0.39 is 10.8 Å². The molecule has 0 spiro atoms. The van der Waals surface area contributed by atoms with Crippen LogP contribution in [0.15, 0.2) is 70.7 Å². The van der Waals surface area contributed by atoms with Gasteiger partial charge in [0.1, 0.15) is 5.82 Å². The molecule has 1 aliphatic carbocycles. The lowest BCUT2D eigenvalue weighted by Gasteiger charge is -2.03. The standard InChI is InChI=1S/C19H19N3OS2/c23-25(17-9-5-2-6-10-17)14-13-24-19-20-18(15-11-12-15)22(21-19)16-7-3-1-4-8-16/h1-10,15H,11-14H2/t25-/m1/s1. The molecular formula is C19H19N3OS2. The molecule has 0 saturated heterocycles. The van der Waals surface area contributed by atoms with Crippen molar-refractivity contribution in [3.8, 4) is 5.69 Å². The van der Waals surface area contributed by atoms with Crippen LogP contribution in [-0.2, 0) is 10.8 Å². The average Bonchev–Trinajstić information content (AvgIpc) is 3.43. The smallest absolute Gasteiger partial charge is 0.209 e. The highest BCUT2D eigenvalue weighted by Crippen LogP contribution is 2.40. The van der Waals surface area contributed by atoms with Gasteiger partial charge in [0.2, 0.25) is 5.16 Å². The highest BCUT2D eigenvalue weighted by Gasteiger charge is 2.30. The molecule has 0 N–H and O–H groups in total. The average molecular weight is 370 g/mol. The molecule has 128 valence electrons. The molecule has 1 atom stereocenters. The minimum Gasteiger partial charge on any atom is -0.254 e. The summed E-state index contributed by atoms with van der Waals surface area (Å²) in [4.78, 5) is 5.61. The Labute approximate surface area is 154 Å². The third-order valence-electron chi connectivity index (χ3n) is 4.06. The number of aromatic nitrogens is 3. The normalized spacial score (nSPS) is 15.2. The van der Waals surface area contributed by atoms with Gasteiger partial charge >= 0.3 is 0 Å². The zero-order valence-electron chi connectivity index (χ0n) is 13.7. The molecule has 0 bridgehead atoms. The molecule has 2 aromatic carbocycles. The van der Waals surface area contributed by atoms with E-state index >= 15 is 0 Å². The van der Waals surface area contributed by atoms with E-state index in [-0.39, 0.29) is 0 Å². The van der Waals surface area contributed by atoms with Crippen molar-refractivity contribution in [1.29, 1.82) is 0 Å². The molecule has 1 aromatic heterocycles. The van der Waals surface area contributed by atoms with Crippen molar-refractivity contribution in [2.75, 3.05) is 11.5 Å². The van der Waals surface area contributed by atoms with Crippen LogP contribution in [0.4, 0.5) is 0 Å². The van der Waals surface area contributed by atoms with Gasteiger partial charge in [-0.15, -0.1) is 5.10 Å². The molecule has 0 radical (unpaired) electrons. The zero-order valence-corrected chi connectivity index (χ0v) is 15.4. The summed E-state index contributed by atoms with van der Waals surface area (Å²) in [7, 11) is -0.971. The van der Waals surface area contributed by atoms with Crippen molar-refractivity contribution in [1.82, 2.24) is 14.8 Å². The maximum absolute atomic E-state index is 12.3. The van der Waals surface area contributed by atoms with Gasteiger partial charge in [-0.05, 0) is 37.1 Å². The van der Waals surface area contributed by atoms with E-state index in [9.17, 15) is 4.21 Å². The third-order valence-corrected chi connectivity index (χ3v) is 6.53. The van der Waals surface area contributed by atoms with Gasteiger partial charge in [-0.2, -0.15) is 0 Å². The van der Waals surface area contributed by atoms with Crippen molar-refractivity contribution in [3.05, 3.63) is 66.5 Å². The summed E-state index contributed by atoms with van der Waals surface area (Å²) < 4.78 is 14.3. The van der Waals surface area contributed by atoms with Gasteiger partial charge < -0.3 is 0 Å². The Morgan fingerprint density at radius 3 is 2.40 bits per heavy atom. The second-order valence-electron chi connectivity index (χ2n) is 5.99. The fraction of sp³-hybridized carbons (Fsp3) is 0.263. The van der Waals surface area contributed by atoms with Crippen LogP contribution in [-0.4, -0.2) is 30.5 Å². The molecule has 4 rings (SSSR count). The van der Waals surface area contributed by atoms with E-state index in [4.69, 9.17) is 4.98 Å². The SMILES string of the molecule is O=[S@](CCSc1nc(C2CC2)n(-c2ccccc2)n1)c1ccccc1. The first kappa shape index (κ1) is 16.5. The quantitative estimate of drug-likeness (QED) is 0.590. The summed E-state index contributed by atoms with van der Waals surface area (Å²) in [5, 5.41) is 5.45. The minimum atomic E-state index is -0.971. The molecule has 0 aliphatic heterocycles. The van der Waals surface area contributed by atoms with Crippen LogP contribution in [0.2, 0.25) is 0 Å². The number of thioether (sulfide) groups is 1. The fourth-order valence-corrected chi connectivity index (χ4v) is 4.74. The van der Waals surface area contributed by atoms with E-state index in [1.807, 2.05) is 53.2 Å². The maximum atomic E-state index is 12.3. The number of nitrogens with zero attached hydrogens (tertiary/aromatic N) is 3. The maximum Gasteiger partial charge on any atom is 0.209 e. The van der Waals surface area contributed by atoms with Crippen LogP contribution in [0.3, 0.4) is 0 Å². The van der Waals surface area contributed by atoms with E-state index in [2.05, 4.69) is 17.2 Å². The van der Waals surface area contributed by atoms with E-state index in [1.54, 1.807) is 11.8 Å². The molecule has 0 amide bonds. The van der Waals surface area contributed by atoms with Crippen molar-refractivity contribution < 1.29 is 4.21 Å². The summed E-state index contributed by atoms with van der Waals surface area (Å²) in [6.07, 6.45) is 2.38. The van der Waals surface area contributed by atoms with Gasteiger partial charge in [-0.1, -0.05) is 48.2 Å². The molecule has 1 heterocycles. The molecule has 1 aliphatic rings. The lowest BCUT2D eigenvalue weighted by molar-refractivity contribution is 0.684. The van der Waals surface area contributed by atoms with Gasteiger partial charge in [0.25, 0.3) is 0 Å². The van der Waals surface area contributed by atoms with Crippen molar-refractivity contribution >= 4 is 22.6 Å². The monoisotopic (exact) mass is 369 g/mol. The van der Waals surface area contributed by atoms with Crippen LogP contribution in [0.25, 0.3) is 5.69 Å². The first-order valence-electron chi connectivity index (χ1n) is 8.40. The molecule has 3 aromatic rings. The number of benzene rings is 2. The van der Waals surface area contributed by atoms with Gasteiger partial charge in [-0.3, -0.25) is 4.21 Å². The highest BCUT2D eigenvalue weighted by atomic mass is 32.2. The summed E-state index contributed by atoms with van der Waals surface area (Å²) in [5.41, 5.74) is 1.05. The Balaban J connectivity index is 1.44. The van der Waals surface area contributed by atoms with Gasteiger partial charge in [0.15, 0.2) is 0 Å². The lowest BCUT2D eigenvalue weighted by Crippen LogP contribution is -2.01.